The van der Waals surface area contributed by atoms with Gasteiger partial charge in [0.15, 0.2) is 11.5 Å². The van der Waals surface area contributed by atoms with E-state index in [0.29, 0.717) is 17.1 Å². The third-order valence-corrected chi connectivity index (χ3v) is 2.97. The molecule has 4 heteroatoms. The molecule has 1 unspecified atom stereocenters. The summed E-state index contributed by atoms with van der Waals surface area (Å²) < 4.78 is 23.6. The fourth-order valence-electron chi connectivity index (χ4n) is 1.84. The predicted octanol–water partition coefficient (Wildman–Crippen LogP) is 3.26. The first-order valence-electron chi connectivity index (χ1n) is 6.31. The average molecular weight is 276 g/mol. The molecule has 0 aliphatic rings. The van der Waals surface area contributed by atoms with Gasteiger partial charge in [-0.1, -0.05) is 18.2 Å². The van der Waals surface area contributed by atoms with Crippen LogP contribution in [0.15, 0.2) is 42.5 Å². The molecule has 20 heavy (non-hydrogen) atoms. The standard InChI is InChI=1S/C16H17FO3/c1-11-3-8-15(16(9-11)19-2)20-10-14(18)12-4-6-13(17)7-5-12/h3-9,14,18H,10H2,1-2H3. The van der Waals surface area contributed by atoms with Crippen LogP contribution in [0.25, 0.3) is 0 Å². The molecule has 1 N–H and O–H groups in total. The zero-order valence-corrected chi connectivity index (χ0v) is 11.5. The Balaban J connectivity index is 2.03. The first-order valence-corrected chi connectivity index (χ1v) is 6.31. The van der Waals surface area contributed by atoms with Crippen molar-refractivity contribution in [3.8, 4) is 11.5 Å². The van der Waals surface area contributed by atoms with Gasteiger partial charge in [0, 0.05) is 0 Å². The molecule has 0 heterocycles. The van der Waals surface area contributed by atoms with E-state index in [1.807, 2.05) is 19.1 Å². The van der Waals surface area contributed by atoms with Crippen molar-refractivity contribution in [2.45, 2.75) is 13.0 Å². The summed E-state index contributed by atoms with van der Waals surface area (Å²) in [6, 6.07) is 11.3. The van der Waals surface area contributed by atoms with Crippen molar-refractivity contribution in [1.82, 2.24) is 0 Å². The second-order valence-electron chi connectivity index (χ2n) is 4.53. The summed E-state index contributed by atoms with van der Waals surface area (Å²) in [5.41, 5.74) is 1.67. The number of methoxy groups -OCH3 is 1. The maximum absolute atomic E-state index is 12.8. The lowest BCUT2D eigenvalue weighted by Crippen LogP contribution is -2.10. The number of halogens is 1. The minimum absolute atomic E-state index is 0.0745. The molecule has 0 aliphatic heterocycles. The number of benzene rings is 2. The van der Waals surface area contributed by atoms with E-state index in [1.165, 1.54) is 24.3 Å². The number of rotatable bonds is 5. The van der Waals surface area contributed by atoms with Crippen LogP contribution in [0.2, 0.25) is 0 Å². The lowest BCUT2D eigenvalue weighted by Gasteiger charge is -2.15. The monoisotopic (exact) mass is 276 g/mol. The Morgan fingerprint density at radius 1 is 1.10 bits per heavy atom. The summed E-state index contributed by atoms with van der Waals surface area (Å²) in [7, 11) is 1.57. The highest BCUT2D eigenvalue weighted by Gasteiger charge is 2.11. The van der Waals surface area contributed by atoms with Crippen LogP contribution in [0.4, 0.5) is 4.39 Å². The van der Waals surface area contributed by atoms with Gasteiger partial charge < -0.3 is 14.6 Å². The van der Waals surface area contributed by atoms with Gasteiger partial charge >= 0.3 is 0 Å². The molecule has 0 aliphatic carbocycles. The highest BCUT2D eigenvalue weighted by molar-refractivity contribution is 5.42. The molecule has 0 spiro atoms. The van der Waals surface area contributed by atoms with E-state index in [4.69, 9.17) is 9.47 Å². The van der Waals surface area contributed by atoms with E-state index < -0.39 is 6.10 Å². The largest absolute Gasteiger partial charge is 0.493 e. The molecule has 0 saturated heterocycles. The summed E-state index contributed by atoms with van der Waals surface area (Å²) >= 11 is 0. The number of aliphatic hydroxyl groups excluding tert-OH is 1. The van der Waals surface area contributed by atoms with Crippen LogP contribution < -0.4 is 9.47 Å². The number of aryl methyl sites for hydroxylation is 1. The van der Waals surface area contributed by atoms with Gasteiger partial charge in [0.25, 0.3) is 0 Å². The molecule has 0 aromatic heterocycles. The minimum atomic E-state index is -0.818. The molecule has 2 rings (SSSR count). The molecule has 3 nitrogen and oxygen atoms in total. The van der Waals surface area contributed by atoms with Gasteiger partial charge in [-0.2, -0.15) is 0 Å². The third-order valence-electron chi connectivity index (χ3n) is 2.97. The molecular weight excluding hydrogens is 259 g/mol. The maximum atomic E-state index is 12.8. The highest BCUT2D eigenvalue weighted by Crippen LogP contribution is 2.28. The van der Waals surface area contributed by atoms with Crippen molar-refractivity contribution < 1.29 is 19.0 Å². The van der Waals surface area contributed by atoms with Crippen molar-refractivity contribution >= 4 is 0 Å². The molecule has 2 aromatic carbocycles. The third kappa shape index (κ3) is 3.48. The fraction of sp³-hybridized carbons (Fsp3) is 0.250. The van der Waals surface area contributed by atoms with E-state index >= 15 is 0 Å². The predicted molar refractivity (Wildman–Crippen MR) is 74.6 cm³/mol. The first kappa shape index (κ1) is 14.3. The Bertz CT molecular complexity index is 566. The van der Waals surface area contributed by atoms with E-state index in [-0.39, 0.29) is 12.4 Å². The highest BCUT2D eigenvalue weighted by atomic mass is 19.1. The topological polar surface area (TPSA) is 38.7 Å². The van der Waals surface area contributed by atoms with Crippen LogP contribution in [0.5, 0.6) is 11.5 Å². The molecule has 0 radical (unpaired) electrons. The van der Waals surface area contributed by atoms with Gasteiger partial charge in [0.05, 0.1) is 7.11 Å². The number of ether oxygens (including phenoxy) is 2. The van der Waals surface area contributed by atoms with Crippen LogP contribution in [-0.4, -0.2) is 18.8 Å². The number of hydrogen-bond donors (Lipinski definition) is 1. The van der Waals surface area contributed by atoms with Crippen molar-refractivity contribution in [2.24, 2.45) is 0 Å². The Morgan fingerprint density at radius 2 is 1.80 bits per heavy atom. The molecule has 106 valence electrons. The molecule has 1 atom stereocenters. The van der Waals surface area contributed by atoms with E-state index in [2.05, 4.69) is 0 Å². The van der Waals surface area contributed by atoms with Gasteiger partial charge in [-0.15, -0.1) is 0 Å². The summed E-state index contributed by atoms with van der Waals surface area (Å²) in [6.45, 7) is 2.03. The van der Waals surface area contributed by atoms with Gasteiger partial charge in [0.2, 0.25) is 0 Å². The van der Waals surface area contributed by atoms with Crippen molar-refractivity contribution in [3.05, 3.63) is 59.4 Å². The Labute approximate surface area is 117 Å². The van der Waals surface area contributed by atoms with Crippen molar-refractivity contribution in [3.63, 3.8) is 0 Å². The first-order chi connectivity index (χ1) is 9.60. The van der Waals surface area contributed by atoms with E-state index in [0.717, 1.165) is 5.56 Å². The van der Waals surface area contributed by atoms with E-state index in [9.17, 15) is 9.50 Å². The van der Waals surface area contributed by atoms with Gasteiger partial charge in [-0.25, -0.2) is 4.39 Å². The van der Waals surface area contributed by atoms with Crippen LogP contribution >= 0.6 is 0 Å². The quantitative estimate of drug-likeness (QED) is 0.911. The second-order valence-corrected chi connectivity index (χ2v) is 4.53. The van der Waals surface area contributed by atoms with Crippen molar-refractivity contribution in [1.29, 1.82) is 0 Å². The zero-order valence-electron chi connectivity index (χ0n) is 11.5. The summed E-state index contributed by atoms with van der Waals surface area (Å²) in [6.07, 6.45) is -0.818. The lowest BCUT2D eigenvalue weighted by molar-refractivity contribution is 0.106. The Morgan fingerprint density at radius 3 is 2.45 bits per heavy atom. The van der Waals surface area contributed by atoms with Crippen molar-refractivity contribution in [2.75, 3.05) is 13.7 Å². The van der Waals surface area contributed by atoms with Gasteiger partial charge in [0.1, 0.15) is 18.5 Å². The molecule has 0 amide bonds. The molecule has 0 fully saturated rings. The SMILES string of the molecule is COc1cc(C)ccc1OCC(O)c1ccc(F)cc1. The Kier molecular flexibility index (Phi) is 4.58. The average Bonchev–Trinajstić information content (AvgIpc) is 2.46. The smallest absolute Gasteiger partial charge is 0.161 e. The number of hydrogen-bond acceptors (Lipinski definition) is 3. The summed E-state index contributed by atoms with van der Waals surface area (Å²) in [5.74, 6) is 0.859. The van der Waals surface area contributed by atoms with Crippen LogP contribution in [0.3, 0.4) is 0 Å². The molecule has 2 aromatic rings. The fourth-order valence-corrected chi connectivity index (χ4v) is 1.84. The molecular formula is C16H17FO3. The number of aliphatic hydroxyl groups is 1. The van der Waals surface area contributed by atoms with E-state index in [1.54, 1.807) is 13.2 Å². The summed E-state index contributed by atoms with van der Waals surface area (Å²) in [4.78, 5) is 0. The second kappa shape index (κ2) is 6.39. The lowest BCUT2D eigenvalue weighted by atomic mass is 10.1. The Hall–Kier alpha value is -2.07. The van der Waals surface area contributed by atoms with Gasteiger partial charge in [-0.3, -0.25) is 0 Å². The van der Waals surface area contributed by atoms with Crippen LogP contribution in [-0.2, 0) is 0 Å². The zero-order chi connectivity index (χ0) is 14.5. The minimum Gasteiger partial charge on any atom is -0.493 e. The van der Waals surface area contributed by atoms with Crippen LogP contribution in [0, 0.1) is 12.7 Å². The summed E-state index contributed by atoms with van der Waals surface area (Å²) in [5, 5.41) is 10.0. The van der Waals surface area contributed by atoms with Crippen LogP contribution in [0.1, 0.15) is 17.2 Å². The van der Waals surface area contributed by atoms with Gasteiger partial charge in [-0.05, 0) is 42.3 Å². The normalized spacial score (nSPS) is 12.0. The maximum Gasteiger partial charge on any atom is 0.161 e. The molecule has 0 bridgehead atoms. The molecule has 0 saturated carbocycles.